The molecule has 1 N–H and O–H groups in total. The Labute approximate surface area is 120 Å². The number of pyridine rings is 1. The van der Waals surface area contributed by atoms with E-state index in [1.165, 1.54) is 0 Å². The lowest BCUT2D eigenvalue weighted by atomic mass is 10.4. The van der Waals surface area contributed by atoms with Crippen LogP contribution >= 0.6 is 0 Å². The van der Waals surface area contributed by atoms with Gasteiger partial charge in [-0.05, 0) is 43.6 Å². The Morgan fingerprint density at radius 3 is 2.35 bits per heavy atom. The lowest BCUT2D eigenvalue weighted by Crippen LogP contribution is -2.34. The maximum atomic E-state index is 12.8. The van der Waals surface area contributed by atoms with E-state index in [2.05, 4.69) is 10.3 Å². The molecule has 0 atom stereocenters. The Kier molecular flexibility index (Phi) is 3.69. The molecule has 3 rings (SSSR count). The Balaban J connectivity index is 1.84. The normalized spacial score (nSPS) is 19.3. The molecule has 0 unspecified atom stereocenters. The van der Waals surface area contributed by atoms with Gasteiger partial charge in [0.2, 0.25) is 10.0 Å². The fraction of sp³-hybridized carbons (Fsp3) is 0.643. The van der Waals surface area contributed by atoms with Crippen LogP contribution in [0.3, 0.4) is 0 Å². The average molecular weight is 295 g/mol. The minimum Gasteiger partial charge on any atom is -0.373 e. The van der Waals surface area contributed by atoms with Gasteiger partial charge in [-0.3, -0.25) is 0 Å². The standard InChI is InChI=1S/C14H21N3O2S/c1-15-14-8-13(6-7-16-14)20(18,19)17(9-11-2-3-11)10-12-4-5-12/h6-8,11-12H,2-5,9-10H2,1H3,(H,15,16). The monoisotopic (exact) mass is 295 g/mol. The number of nitrogens with zero attached hydrogens (tertiary/aromatic N) is 2. The SMILES string of the molecule is CNc1cc(S(=O)(=O)N(CC2CC2)CC2CC2)ccn1. The molecule has 110 valence electrons. The Hall–Kier alpha value is -1.14. The van der Waals surface area contributed by atoms with Gasteiger partial charge in [0.25, 0.3) is 0 Å². The highest BCUT2D eigenvalue weighted by molar-refractivity contribution is 7.89. The molecule has 6 heteroatoms. The molecule has 2 aliphatic carbocycles. The molecule has 1 aromatic heterocycles. The molecule has 2 aliphatic rings. The highest BCUT2D eigenvalue weighted by Crippen LogP contribution is 2.36. The van der Waals surface area contributed by atoms with Crippen molar-refractivity contribution in [2.45, 2.75) is 30.6 Å². The zero-order valence-corrected chi connectivity index (χ0v) is 12.6. The smallest absolute Gasteiger partial charge is 0.243 e. The van der Waals surface area contributed by atoms with Crippen LogP contribution in [-0.4, -0.2) is 37.8 Å². The minimum absolute atomic E-state index is 0.346. The fourth-order valence-corrected chi connectivity index (χ4v) is 3.91. The van der Waals surface area contributed by atoms with Gasteiger partial charge in [0.1, 0.15) is 5.82 Å². The van der Waals surface area contributed by atoms with Crippen molar-refractivity contribution in [2.24, 2.45) is 11.8 Å². The number of sulfonamides is 1. The Bertz CT molecular complexity index is 566. The first-order valence-corrected chi connectivity index (χ1v) is 8.67. The molecule has 2 fully saturated rings. The van der Waals surface area contributed by atoms with Gasteiger partial charge in [-0.15, -0.1) is 0 Å². The van der Waals surface area contributed by atoms with E-state index in [1.54, 1.807) is 29.7 Å². The summed E-state index contributed by atoms with van der Waals surface area (Å²) in [5.74, 6) is 1.71. The van der Waals surface area contributed by atoms with Crippen LogP contribution in [0.4, 0.5) is 5.82 Å². The molecule has 0 radical (unpaired) electrons. The van der Waals surface area contributed by atoms with Crippen LogP contribution in [0.5, 0.6) is 0 Å². The van der Waals surface area contributed by atoms with Gasteiger partial charge >= 0.3 is 0 Å². The van der Waals surface area contributed by atoms with Crippen molar-refractivity contribution in [3.63, 3.8) is 0 Å². The number of rotatable bonds is 7. The summed E-state index contributed by atoms with van der Waals surface area (Å²) in [6.45, 7) is 1.35. The van der Waals surface area contributed by atoms with Crippen molar-refractivity contribution in [2.75, 3.05) is 25.5 Å². The van der Waals surface area contributed by atoms with E-state index >= 15 is 0 Å². The predicted molar refractivity (Wildman–Crippen MR) is 78.0 cm³/mol. The van der Waals surface area contributed by atoms with Gasteiger partial charge < -0.3 is 5.32 Å². The third-order valence-corrected chi connectivity index (χ3v) is 5.77. The highest BCUT2D eigenvalue weighted by atomic mass is 32.2. The van der Waals surface area contributed by atoms with E-state index < -0.39 is 10.0 Å². The average Bonchev–Trinajstić information content (AvgIpc) is 3.33. The van der Waals surface area contributed by atoms with Crippen LogP contribution in [-0.2, 0) is 10.0 Å². The van der Waals surface area contributed by atoms with Crippen LogP contribution in [0.25, 0.3) is 0 Å². The van der Waals surface area contributed by atoms with Crippen molar-refractivity contribution in [3.8, 4) is 0 Å². The molecule has 5 nitrogen and oxygen atoms in total. The van der Waals surface area contributed by atoms with Crippen molar-refractivity contribution < 1.29 is 8.42 Å². The summed E-state index contributed by atoms with van der Waals surface area (Å²) in [6, 6.07) is 3.20. The number of hydrogen-bond acceptors (Lipinski definition) is 4. The molecule has 1 aromatic rings. The predicted octanol–water partition coefficient (Wildman–Crippen LogP) is 1.93. The van der Waals surface area contributed by atoms with Gasteiger partial charge in [-0.1, -0.05) is 0 Å². The quantitative estimate of drug-likeness (QED) is 0.835. The van der Waals surface area contributed by atoms with Crippen molar-refractivity contribution >= 4 is 15.8 Å². The van der Waals surface area contributed by atoms with E-state index in [0.29, 0.717) is 35.6 Å². The van der Waals surface area contributed by atoms with E-state index in [-0.39, 0.29) is 0 Å². The van der Waals surface area contributed by atoms with Gasteiger partial charge in [-0.25, -0.2) is 13.4 Å². The van der Waals surface area contributed by atoms with Crippen LogP contribution in [0.15, 0.2) is 23.2 Å². The van der Waals surface area contributed by atoms with Crippen LogP contribution in [0, 0.1) is 11.8 Å². The van der Waals surface area contributed by atoms with Gasteiger partial charge in [0, 0.05) is 32.4 Å². The van der Waals surface area contributed by atoms with E-state index in [0.717, 1.165) is 25.7 Å². The molecule has 0 saturated heterocycles. The maximum Gasteiger partial charge on any atom is 0.243 e. The zero-order valence-electron chi connectivity index (χ0n) is 11.7. The first-order chi connectivity index (χ1) is 9.59. The van der Waals surface area contributed by atoms with Crippen LogP contribution in [0.1, 0.15) is 25.7 Å². The summed E-state index contributed by atoms with van der Waals surface area (Å²) >= 11 is 0. The summed E-state index contributed by atoms with van der Waals surface area (Å²) < 4.78 is 27.3. The molecule has 0 aromatic carbocycles. The van der Waals surface area contributed by atoms with E-state index in [1.807, 2.05) is 0 Å². The molecule has 0 spiro atoms. The number of nitrogens with one attached hydrogen (secondary N) is 1. The van der Waals surface area contributed by atoms with Crippen molar-refractivity contribution in [1.82, 2.24) is 9.29 Å². The van der Waals surface area contributed by atoms with Gasteiger partial charge in [-0.2, -0.15) is 4.31 Å². The molecule has 0 amide bonds. The molecule has 20 heavy (non-hydrogen) atoms. The lowest BCUT2D eigenvalue weighted by molar-refractivity contribution is 0.382. The molecule has 0 bridgehead atoms. The zero-order chi connectivity index (χ0) is 14.2. The summed E-state index contributed by atoms with van der Waals surface area (Å²) in [5, 5.41) is 2.89. The van der Waals surface area contributed by atoms with Gasteiger partial charge in [0.15, 0.2) is 0 Å². The summed E-state index contributed by atoms with van der Waals surface area (Å²) in [6.07, 6.45) is 6.19. The maximum absolute atomic E-state index is 12.8. The third-order valence-electron chi connectivity index (χ3n) is 3.94. The second-order valence-corrected chi connectivity index (χ2v) is 7.77. The van der Waals surface area contributed by atoms with E-state index in [9.17, 15) is 8.42 Å². The molecule has 1 heterocycles. The molecule has 2 saturated carbocycles. The summed E-state index contributed by atoms with van der Waals surface area (Å²) in [5.41, 5.74) is 0. The first kappa shape index (κ1) is 13.8. The first-order valence-electron chi connectivity index (χ1n) is 7.23. The van der Waals surface area contributed by atoms with Gasteiger partial charge in [0.05, 0.1) is 4.90 Å². The second kappa shape index (κ2) is 5.33. The fourth-order valence-electron chi connectivity index (χ4n) is 2.31. The lowest BCUT2D eigenvalue weighted by Gasteiger charge is -2.22. The van der Waals surface area contributed by atoms with Crippen molar-refractivity contribution in [1.29, 1.82) is 0 Å². The Morgan fingerprint density at radius 2 is 1.85 bits per heavy atom. The number of aromatic nitrogens is 1. The van der Waals surface area contributed by atoms with E-state index in [4.69, 9.17) is 0 Å². The summed E-state index contributed by atoms with van der Waals surface area (Å²) in [7, 11) is -1.65. The number of hydrogen-bond donors (Lipinski definition) is 1. The van der Waals surface area contributed by atoms with Crippen molar-refractivity contribution in [3.05, 3.63) is 18.3 Å². The minimum atomic E-state index is -3.39. The molecular weight excluding hydrogens is 274 g/mol. The topological polar surface area (TPSA) is 62.3 Å². The Morgan fingerprint density at radius 1 is 1.25 bits per heavy atom. The second-order valence-electron chi connectivity index (χ2n) is 5.84. The highest BCUT2D eigenvalue weighted by Gasteiger charge is 2.35. The molecule has 0 aliphatic heterocycles. The number of anilines is 1. The summed E-state index contributed by atoms with van der Waals surface area (Å²) in [4.78, 5) is 4.43. The molecular formula is C14H21N3O2S. The largest absolute Gasteiger partial charge is 0.373 e. The van der Waals surface area contributed by atoms with Crippen LogP contribution in [0.2, 0.25) is 0 Å². The third kappa shape index (κ3) is 3.12. The van der Waals surface area contributed by atoms with Crippen LogP contribution < -0.4 is 5.32 Å².